The van der Waals surface area contributed by atoms with Crippen LogP contribution in [0.15, 0.2) is 71.1 Å². The van der Waals surface area contributed by atoms with Crippen LogP contribution in [-0.4, -0.2) is 33.8 Å². The molecule has 0 unspecified atom stereocenters. The average Bonchev–Trinajstić information content (AvgIpc) is 3.37. The van der Waals surface area contributed by atoms with Crippen LogP contribution >= 0.6 is 11.6 Å². The van der Waals surface area contributed by atoms with E-state index in [4.69, 9.17) is 20.8 Å². The third-order valence-corrected chi connectivity index (χ3v) is 5.08. The van der Waals surface area contributed by atoms with Gasteiger partial charge in [-0.2, -0.15) is 0 Å². The molecule has 1 aliphatic rings. The van der Waals surface area contributed by atoms with E-state index < -0.39 is 17.7 Å². The van der Waals surface area contributed by atoms with Gasteiger partial charge in [0.15, 0.2) is 0 Å². The molecule has 0 saturated carbocycles. The highest BCUT2D eigenvalue weighted by Crippen LogP contribution is 2.42. The maximum Gasteiger partial charge on any atom is 0.296 e. The van der Waals surface area contributed by atoms with Gasteiger partial charge >= 0.3 is 0 Å². The summed E-state index contributed by atoms with van der Waals surface area (Å²) in [4.78, 5) is 31.3. The first-order chi connectivity index (χ1) is 14.5. The van der Waals surface area contributed by atoms with Gasteiger partial charge in [-0.1, -0.05) is 17.7 Å². The number of carbonyl (C=O) groups excluding carboxylic acids is 2. The van der Waals surface area contributed by atoms with Crippen LogP contribution in [0.25, 0.3) is 5.76 Å². The maximum atomic E-state index is 13.0. The van der Waals surface area contributed by atoms with Crippen molar-refractivity contribution in [3.8, 4) is 5.75 Å². The molecular formula is C22H17ClN2O5. The van der Waals surface area contributed by atoms with Gasteiger partial charge in [-0.15, -0.1) is 0 Å². The minimum absolute atomic E-state index is 0.0978. The van der Waals surface area contributed by atoms with E-state index in [1.807, 2.05) is 0 Å². The fourth-order valence-electron chi connectivity index (χ4n) is 3.48. The number of carbonyl (C=O) groups is 2. The van der Waals surface area contributed by atoms with E-state index in [0.29, 0.717) is 16.5 Å². The molecular weight excluding hydrogens is 408 g/mol. The van der Waals surface area contributed by atoms with E-state index in [1.165, 1.54) is 24.3 Å². The Morgan fingerprint density at radius 2 is 2.10 bits per heavy atom. The van der Waals surface area contributed by atoms with Crippen molar-refractivity contribution in [2.75, 3.05) is 7.11 Å². The van der Waals surface area contributed by atoms with Gasteiger partial charge in [-0.3, -0.25) is 14.6 Å². The second kappa shape index (κ2) is 8.04. The highest BCUT2D eigenvalue weighted by molar-refractivity contribution is 6.46. The number of likely N-dealkylation sites (tertiary alicyclic amines) is 1. The number of aliphatic hydroxyl groups excluding tert-OH is 1. The number of Topliss-reactive ketones (excluding diaryl/α,β-unsaturated/α-hetero) is 1. The first-order valence-electron chi connectivity index (χ1n) is 9.06. The molecule has 0 aliphatic carbocycles. The smallest absolute Gasteiger partial charge is 0.296 e. The molecule has 1 aliphatic heterocycles. The van der Waals surface area contributed by atoms with Crippen molar-refractivity contribution < 1.29 is 23.8 Å². The predicted molar refractivity (Wildman–Crippen MR) is 109 cm³/mol. The quantitative estimate of drug-likeness (QED) is 0.378. The summed E-state index contributed by atoms with van der Waals surface area (Å²) in [5, 5.41) is 11.4. The maximum absolute atomic E-state index is 13.0. The van der Waals surface area contributed by atoms with Crippen molar-refractivity contribution in [1.82, 2.24) is 9.88 Å². The number of aliphatic hydroxyl groups is 1. The Labute approximate surface area is 177 Å². The molecule has 2 aromatic heterocycles. The number of amides is 1. The molecule has 0 spiro atoms. The Hall–Kier alpha value is -3.58. The van der Waals surface area contributed by atoms with Crippen molar-refractivity contribution in [2.24, 2.45) is 0 Å². The summed E-state index contributed by atoms with van der Waals surface area (Å²) in [5.74, 6) is -1.29. The number of aromatic nitrogens is 1. The summed E-state index contributed by atoms with van der Waals surface area (Å²) < 4.78 is 10.8. The number of benzene rings is 1. The number of hydrogen-bond acceptors (Lipinski definition) is 6. The van der Waals surface area contributed by atoms with E-state index in [1.54, 1.807) is 48.8 Å². The number of hydrogen-bond donors (Lipinski definition) is 1. The zero-order valence-electron chi connectivity index (χ0n) is 15.9. The van der Waals surface area contributed by atoms with Crippen molar-refractivity contribution in [2.45, 2.75) is 12.6 Å². The second-order valence-corrected chi connectivity index (χ2v) is 7.08. The van der Waals surface area contributed by atoms with E-state index in [2.05, 4.69) is 4.98 Å². The molecule has 4 rings (SSSR count). The minimum Gasteiger partial charge on any atom is -0.507 e. The summed E-state index contributed by atoms with van der Waals surface area (Å²) in [7, 11) is 1.44. The van der Waals surface area contributed by atoms with Crippen LogP contribution in [0.2, 0.25) is 5.02 Å². The lowest BCUT2D eigenvalue weighted by Crippen LogP contribution is -2.29. The predicted octanol–water partition coefficient (Wildman–Crippen LogP) is 3.96. The van der Waals surface area contributed by atoms with Crippen LogP contribution in [0.1, 0.15) is 22.9 Å². The summed E-state index contributed by atoms with van der Waals surface area (Å²) in [6.45, 7) is 0.118. The number of rotatable bonds is 5. The Kier molecular flexibility index (Phi) is 5.29. The Balaban J connectivity index is 1.88. The molecule has 3 heterocycles. The van der Waals surface area contributed by atoms with E-state index >= 15 is 0 Å². The molecule has 1 aromatic carbocycles. The topological polar surface area (TPSA) is 92.9 Å². The lowest BCUT2D eigenvalue weighted by molar-refractivity contribution is -0.140. The van der Waals surface area contributed by atoms with Gasteiger partial charge in [0.1, 0.15) is 23.3 Å². The minimum atomic E-state index is -0.913. The number of ether oxygens (including phenoxy) is 1. The fourth-order valence-corrected chi connectivity index (χ4v) is 3.66. The van der Waals surface area contributed by atoms with Gasteiger partial charge in [0, 0.05) is 24.0 Å². The van der Waals surface area contributed by atoms with Crippen LogP contribution in [-0.2, 0) is 16.1 Å². The lowest BCUT2D eigenvalue weighted by atomic mass is 9.98. The van der Waals surface area contributed by atoms with Crippen molar-refractivity contribution in [3.05, 3.63) is 88.6 Å². The third-order valence-electron chi connectivity index (χ3n) is 4.84. The Morgan fingerprint density at radius 3 is 2.77 bits per heavy atom. The standard InChI is InChI=1S/C22H17ClN2O5/c1-29-16-7-6-14(23)10-15(16)20(26)18-19(17-5-3-9-30-17)25(22(28)21(18)27)12-13-4-2-8-24-11-13/h2-11,19,26H,12H2,1H3/b20-18+/t19-/m1/s1. The molecule has 30 heavy (non-hydrogen) atoms. The lowest BCUT2D eigenvalue weighted by Gasteiger charge is -2.23. The number of methoxy groups -OCH3 is 1. The molecule has 1 atom stereocenters. The van der Waals surface area contributed by atoms with Gasteiger partial charge in [0.25, 0.3) is 11.7 Å². The van der Waals surface area contributed by atoms with Crippen molar-refractivity contribution in [1.29, 1.82) is 0 Å². The van der Waals surface area contributed by atoms with E-state index in [0.717, 1.165) is 5.56 Å². The number of nitrogens with zero attached hydrogens (tertiary/aromatic N) is 2. The molecule has 1 fully saturated rings. The summed E-state index contributed by atoms with van der Waals surface area (Å²) in [6, 6.07) is 10.6. The number of furan rings is 1. The molecule has 3 aromatic rings. The molecule has 1 amide bonds. The molecule has 8 heteroatoms. The van der Waals surface area contributed by atoms with Gasteiger partial charge < -0.3 is 19.2 Å². The number of pyridine rings is 1. The van der Waals surface area contributed by atoms with Crippen LogP contribution in [0.4, 0.5) is 0 Å². The number of halogens is 1. The third kappa shape index (κ3) is 3.44. The Morgan fingerprint density at radius 1 is 1.27 bits per heavy atom. The molecule has 0 radical (unpaired) electrons. The van der Waals surface area contributed by atoms with Crippen molar-refractivity contribution >= 4 is 29.1 Å². The fraction of sp³-hybridized carbons (Fsp3) is 0.136. The van der Waals surface area contributed by atoms with Crippen LogP contribution in [0.5, 0.6) is 5.75 Å². The van der Waals surface area contributed by atoms with Gasteiger partial charge in [-0.25, -0.2) is 0 Å². The summed E-state index contributed by atoms with van der Waals surface area (Å²) in [6.07, 6.45) is 4.67. The van der Waals surface area contributed by atoms with Crippen LogP contribution < -0.4 is 4.74 Å². The Bertz CT molecular complexity index is 1130. The molecule has 152 valence electrons. The zero-order chi connectivity index (χ0) is 21.3. The van der Waals surface area contributed by atoms with Gasteiger partial charge in [-0.05, 0) is 42.0 Å². The largest absolute Gasteiger partial charge is 0.507 e. The van der Waals surface area contributed by atoms with Gasteiger partial charge in [0.2, 0.25) is 0 Å². The molecule has 0 bridgehead atoms. The normalized spacial score (nSPS) is 18.1. The van der Waals surface area contributed by atoms with E-state index in [9.17, 15) is 14.7 Å². The first-order valence-corrected chi connectivity index (χ1v) is 9.43. The van der Waals surface area contributed by atoms with Crippen molar-refractivity contribution in [3.63, 3.8) is 0 Å². The SMILES string of the molecule is COc1ccc(Cl)cc1/C(O)=C1\C(=O)C(=O)N(Cc2cccnc2)[C@@H]1c1ccco1. The second-order valence-electron chi connectivity index (χ2n) is 6.65. The number of ketones is 1. The first kappa shape index (κ1) is 19.7. The summed E-state index contributed by atoms with van der Waals surface area (Å²) >= 11 is 6.08. The van der Waals surface area contributed by atoms with Crippen LogP contribution in [0.3, 0.4) is 0 Å². The molecule has 7 nitrogen and oxygen atoms in total. The van der Waals surface area contributed by atoms with Crippen LogP contribution in [0, 0.1) is 0 Å². The highest BCUT2D eigenvalue weighted by Gasteiger charge is 2.47. The highest BCUT2D eigenvalue weighted by atomic mass is 35.5. The average molecular weight is 425 g/mol. The van der Waals surface area contributed by atoms with E-state index in [-0.39, 0.29) is 23.4 Å². The van der Waals surface area contributed by atoms with Gasteiger partial charge in [0.05, 0.1) is 24.5 Å². The summed E-state index contributed by atoms with van der Waals surface area (Å²) in [5.41, 5.74) is 0.844. The molecule has 1 N–H and O–H groups in total. The molecule has 1 saturated heterocycles. The zero-order valence-corrected chi connectivity index (χ0v) is 16.7. The monoisotopic (exact) mass is 424 g/mol.